The van der Waals surface area contributed by atoms with Crippen LogP contribution in [-0.2, 0) is 5.41 Å². The average molecular weight is 730 g/mol. The van der Waals surface area contributed by atoms with Gasteiger partial charge in [-0.1, -0.05) is 171 Å². The van der Waals surface area contributed by atoms with E-state index < -0.39 is 0 Å². The maximum absolute atomic E-state index is 5.26. The predicted octanol–water partition coefficient (Wildman–Crippen LogP) is 14.1. The minimum atomic E-state index is -0.0478. The van der Waals surface area contributed by atoms with E-state index in [1.54, 1.807) is 0 Å². The molecule has 0 aliphatic heterocycles. The molecule has 1 spiro atoms. The van der Waals surface area contributed by atoms with Gasteiger partial charge >= 0.3 is 0 Å². The number of benzene rings is 8. The van der Waals surface area contributed by atoms with E-state index in [1.165, 1.54) is 84.9 Å². The molecule has 1 fully saturated rings. The van der Waals surface area contributed by atoms with Crippen LogP contribution in [0.25, 0.3) is 94.1 Å². The molecule has 0 bridgehead atoms. The first kappa shape index (κ1) is 32.4. The minimum absolute atomic E-state index is 0.0478. The Kier molecular flexibility index (Phi) is 7.16. The molecular weight excluding hydrogens is 691 g/mol. The fourth-order valence-corrected chi connectivity index (χ4v) is 10.5. The Balaban J connectivity index is 1.21. The first-order valence-electron chi connectivity index (χ1n) is 20.4. The van der Waals surface area contributed by atoms with Crippen molar-refractivity contribution in [3.63, 3.8) is 0 Å². The van der Waals surface area contributed by atoms with Crippen molar-refractivity contribution < 1.29 is 0 Å². The van der Waals surface area contributed by atoms with Gasteiger partial charge in [-0.2, -0.15) is 0 Å². The third kappa shape index (κ3) is 4.79. The van der Waals surface area contributed by atoms with Crippen molar-refractivity contribution >= 4 is 43.4 Å². The highest BCUT2D eigenvalue weighted by molar-refractivity contribution is 6.32. The third-order valence-electron chi connectivity index (χ3n) is 12.9. The van der Waals surface area contributed by atoms with Crippen LogP contribution in [0, 0.1) is 0 Å². The van der Waals surface area contributed by atoms with Gasteiger partial charge in [-0.3, -0.25) is 0 Å². The second-order valence-corrected chi connectivity index (χ2v) is 16.0. The van der Waals surface area contributed by atoms with Gasteiger partial charge in [0.2, 0.25) is 0 Å². The molecule has 0 saturated heterocycles. The summed E-state index contributed by atoms with van der Waals surface area (Å²) in [4.78, 5) is 10.4. The Morgan fingerprint density at radius 1 is 0.474 bits per heavy atom. The van der Waals surface area contributed by atoms with Gasteiger partial charge in [0.15, 0.2) is 5.82 Å². The predicted molar refractivity (Wildman–Crippen MR) is 237 cm³/mol. The summed E-state index contributed by atoms with van der Waals surface area (Å²) in [6.07, 6.45) is 6.10. The first-order chi connectivity index (χ1) is 28.3. The SMILES string of the molecule is c1ccc(-c2cc(-c3cccc(-n4c5ccc6ccccc6c5c5c6ccccc6c6c(c54)C4(CCCCC4)c4ccccc4-6)c3)nc(-c3ccccc3)n2)cc1. The monoisotopic (exact) mass is 729 g/mol. The summed E-state index contributed by atoms with van der Waals surface area (Å²) >= 11 is 0. The highest BCUT2D eigenvalue weighted by Gasteiger charge is 2.47. The number of fused-ring (bicyclic) bond motifs is 14. The maximum Gasteiger partial charge on any atom is 0.160 e. The van der Waals surface area contributed by atoms with E-state index in [0.717, 1.165) is 52.4 Å². The van der Waals surface area contributed by atoms with Gasteiger partial charge in [-0.25, -0.2) is 9.97 Å². The molecule has 2 heterocycles. The van der Waals surface area contributed by atoms with Gasteiger partial charge in [0.1, 0.15) is 0 Å². The molecule has 12 rings (SSSR count). The number of nitrogens with zero attached hydrogens (tertiary/aromatic N) is 3. The fraction of sp³-hybridized carbons (Fsp3) is 0.111. The molecule has 3 heteroatoms. The lowest BCUT2D eigenvalue weighted by molar-refractivity contribution is 0.354. The number of hydrogen-bond acceptors (Lipinski definition) is 2. The molecule has 2 aliphatic carbocycles. The van der Waals surface area contributed by atoms with E-state index in [4.69, 9.17) is 9.97 Å². The quantitative estimate of drug-likeness (QED) is 0.181. The van der Waals surface area contributed by atoms with Gasteiger partial charge in [-0.15, -0.1) is 0 Å². The normalized spacial score (nSPS) is 14.5. The van der Waals surface area contributed by atoms with E-state index in [1.807, 2.05) is 6.07 Å². The Labute approximate surface area is 331 Å². The summed E-state index contributed by atoms with van der Waals surface area (Å²) < 4.78 is 2.62. The van der Waals surface area contributed by atoms with Crippen LogP contribution in [0.1, 0.15) is 43.2 Å². The number of rotatable bonds is 4. The molecule has 0 amide bonds. The zero-order valence-electron chi connectivity index (χ0n) is 31.6. The van der Waals surface area contributed by atoms with Crippen LogP contribution in [0.4, 0.5) is 0 Å². The average Bonchev–Trinajstić information content (AvgIpc) is 3.78. The summed E-state index contributed by atoms with van der Waals surface area (Å²) in [5, 5.41) is 7.93. The van der Waals surface area contributed by atoms with Crippen molar-refractivity contribution in [2.24, 2.45) is 0 Å². The Morgan fingerprint density at radius 2 is 1.12 bits per heavy atom. The molecule has 1 saturated carbocycles. The highest BCUT2D eigenvalue weighted by atomic mass is 15.0. The summed E-state index contributed by atoms with van der Waals surface area (Å²) in [7, 11) is 0. The van der Waals surface area contributed by atoms with Crippen LogP contribution >= 0.6 is 0 Å². The van der Waals surface area contributed by atoms with E-state index in [2.05, 4.69) is 174 Å². The van der Waals surface area contributed by atoms with Gasteiger partial charge < -0.3 is 4.57 Å². The van der Waals surface area contributed by atoms with Crippen LogP contribution in [0.2, 0.25) is 0 Å². The van der Waals surface area contributed by atoms with Crippen LogP contribution in [0.15, 0.2) is 176 Å². The van der Waals surface area contributed by atoms with E-state index in [9.17, 15) is 0 Å². The highest BCUT2D eigenvalue weighted by Crippen LogP contribution is 2.61. The van der Waals surface area contributed by atoms with E-state index in [0.29, 0.717) is 0 Å². The second-order valence-electron chi connectivity index (χ2n) is 16.0. The summed E-state index contributed by atoms with van der Waals surface area (Å²) in [6, 6.07) is 64.2. The fourth-order valence-electron chi connectivity index (χ4n) is 10.5. The van der Waals surface area contributed by atoms with Crippen molar-refractivity contribution in [2.75, 3.05) is 0 Å². The molecule has 0 atom stereocenters. The topological polar surface area (TPSA) is 30.7 Å². The molecule has 8 aromatic carbocycles. The van der Waals surface area contributed by atoms with Crippen LogP contribution < -0.4 is 0 Å². The van der Waals surface area contributed by atoms with Crippen molar-refractivity contribution in [2.45, 2.75) is 37.5 Å². The summed E-state index contributed by atoms with van der Waals surface area (Å²) in [5.74, 6) is 0.724. The maximum atomic E-state index is 5.26. The first-order valence-corrected chi connectivity index (χ1v) is 20.4. The molecule has 270 valence electrons. The third-order valence-corrected chi connectivity index (χ3v) is 12.9. The van der Waals surface area contributed by atoms with Gasteiger partial charge in [0.05, 0.1) is 22.4 Å². The van der Waals surface area contributed by atoms with Crippen molar-refractivity contribution in [3.8, 4) is 50.7 Å². The summed E-state index contributed by atoms with van der Waals surface area (Å²) in [5.41, 5.74) is 14.5. The van der Waals surface area contributed by atoms with Gasteiger partial charge in [0, 0.05) is 38.6 Å². The molecule has 0 radical (unpaired) electrons. The molecule has 0 N–H and O–H groups in total. The molecule has 2 aliphatic rings. The molecular formula is C54H39N3. The van der Waals surface area contributed by atoms with Gasteiger partial charge in [0.25, 0.3) is 0 Å². The van der Waals surface area contributed by atoms with E-state index >= 15 is 0 Å². The number of aromatic nitrogens is 3. The minimum Gasteiger partial charge on any atom is -0.309 e. The Bertz CT molecular complexity index is 3150. The zero-order valence-corrected chi connectivity index (χ0v) is 31.6. The molecule has 57 heavy (non-hydrogen) atoms. The van der Waals surface area contributed by atoms with Gasteiger partial charge in [-0.05, 0) is 80.9 Å². The zero-order chi connectivity index (χ0) is 37.5. The smallest absolute Gasteiger partial charge is 0.160 e. The van der Waals surface area contributed by atoms with Crippen molar-refractivity contribution in [1.29, 1.82) is 0 Å². The van der Waals surface area contributed by atoms with Crippen LogP contribution in [0.3, 0.4) is 0 Å². The number of hydrogen-bond donors (Lipinski definition) is 0. The largest absolute Gasteiger partial charge is 0.309 e. The van der Waals surface area contributed by atoms with Crippen molar-refractivity contribution in [1.82, 2.24) is 14.5 Å². The standard InChI is InChI=1S/C54H39N3/c1-4-18-36(19-5-1)45-34-46(56-53(55-45)37-20-6-2-7-21-37)38-22-16-23-39(33-38)57-47-30-29-35-17-8-9-24-40(35)49(47)50-42-26-11-10-25-41(42)48-43-27-12-13-28-44(43)54(51(48)52(50)57)31-14-3-15-32-54/h1-2,4-13,16-30,33-34H,3,14-15,31-32H2. The summed E-state index contributed by atoms with van der Waals surface area (Å²) in [6.45, 7) is 0. The lowest BCUT2D eigenvalue weighted by Gasteiger charge is -2.36. The van der Waals surface area contributed by atoms with Crippen molar-refractivity contribution in [3.05, 3.63) is 187 Å². The Hall–Kier alpha value is -6.84. The molecule has 0 unspecified atom stereocenters. The van der Waals surface area contributed by atoms with Crippen LogP contribution in [-0.4, -0.2) is 14.5 Å². The lowest BCUT2D eigenvalue weighted by Crippen LogP contribution is -2.28. The molecule has 10 aromatic rings. The molecule has 3 nitrogen and oxygen atoms in total. The van der Waals surface area contributed by atoms with E-state index in [-0.39, 0.29) is 5.41 Å². The van der Waals surface area contributed by atoms with Crippen LogP contribution in [0.5, 0.6) is 0 Å². The Morgan fingerprint density at radius 3 is 1.93 bits per heavy atom. The lowest BCUT2D eigenvalue weighted by atomic mass is 9.67. The molecule has 2 aromatic heterocycles. The second kappa shape index (κ2) is 12.6.